The van der Waals surface area contributed by atoms with Gasteiger partial charge in [-0.3, -0.25) is 4.79 Å². The number of primary sulfonamides is 1. The largest absolute Gasteiger partial charge is 0.349 e. The lowest BCUT2D eigenvalue weighted by Gasteiger charge is -2.31. The highest BCUT2D eigenvalue weighted by atomic mass is 32.2. The van der Waals surface area contributed by atoms with Gasteiger partial charge >= 0.3 is 0 Å². The molecule has 1 aromatic rings. The maximum Gasteiger partial charge on any atom is 0.251 e. The zero-order chi connectivity index (χ0) is 17.2. The Morgan fingerprint density at radius 3 is 2.52 bits per heavy atom. The predicted octanol–water partition coefficient (Wildman–Crippen LogP) is 1.20. The lowest BCUT2D eigenvalue weighted by atomic mass is 9.84. The highest BCUT2D eigenvalue weighted by molar-refractivity contribution is 7.89. The molecule has 7 heteroatoms. The van der Waals surface area contributed by atoms with E-state index in [1.54, 1.807) is 19.9 Å². The molecule has 1 aliphatic rings. The van der Waals surface area contributed by atoms with Gasteiger partial charge in [0.15, 0.2) is 0 Å². The van der Waals surface area contributed by atoms with E-state index in [1.165, 1.54) is 6.07 Å². The first-order chi connectivity index (χ1) is 10.7. The molecule has 1 fully saturated rings. The van der Waals surface area contributed by atoms with E-state index in [-0.39, 0.29) is 22.8 Å². The van der Waals surface area contributed by atoms with Crippen LogP contribution in [0.2, 0.25) is 0 Å². The lowest BCUT2D eigenvalue weighted by Crippen LogP contribution is -2.44. The summed E-state index contributed by atoms with van der Waals surface area (Å²) >= 11 is 0. The van der Waals surface area contributed by atoms with Crippen LogP contribution in [0.15, 0.2) is 17.0 Å². The first kappa shape index (κ1) is 17.9. The fourth-order valence-electron chi connectivity index (χ4n) is 3.19. The number of carbonyl (C=O) groups is 1. The van der Waals surface area contributed by atoms with E-state index in [0.717, 1.165) is 31.2 Å². The van der Waals surface area contributed by atoms with Crippen molar-refractivity contribution in [2.75, 3.05) is 6.54 Å². The Balaban J connectivity index is 2.27. The molecule has 0 radical (unpaired) electrons. The fourth-order valence-corrected chi connectivity index (χ4v) is 4.06. The van der Waals surface area contributed by atoms with E-state index in [1.807, 2.05) is 0 Å². The SMILES string of the molecule is Cc1cc(C(=O)NC2CCCCC2CN)cc(S(N)(=O)=O)c1C. The van der Waals surface area contributed by atoms with Crippen LogP contribution in [-0.2, 0) is 10.0 Å². The van der Waals surface area contributed by atoms with E-state index < -0.39 is 10.0 Å². The van der Waals surface area contributed by atoms with Crippen LogP contribution in [0.1, 0.15) is 47.2 Å². The van der Waals surface area contributed by atoms with E-state index in [9.17, 15) is 13.2 Å². The van der Waals surface area contributed by atoms with Crippen LogP contribution in [-0.4, -0.2) is 26.9 Å². The van der Waals surface area contributed by atoms with Crippen molar-refractivity contribution in [3.8, 4) is 0 Å². The molecule has 0 spiro atoms. The molecule has 1 saturated carbocycles. The summed E-state index contributed by atoms with van der Waals surface area (Å²) in [5.74, 6) is 0.000284. The molecule has 2 rings (SSSR count). The maximum atomic E-state index is 12.5. The lowest BCUT2D eigenvalue weighted by molar-refractivity contribution is 0.0907. The average Bonchev–Trinajstić information content (AvgIpc) is 2.49. The smallest absolute Gasteiger partial charge is 0.251 e. The summed E-state index contributed by atoms with van der Waals surface area (Å²) in [5.41, 5.74) is 7.40. The molecule has 0 aliphatic heterocycles. The van der Waals surface area contributed by atoms with Gasteiger partial charge in [0.1, 0.15) is 0 Å². The topological polar surface area (TPSA) is 115 Å². The Labute approximate surface area is 137 Å². The van der Waals surface area contributed by atoms with Crippen LogP contribution in [0.3, 0.4) is 0 Å². The van der Waals surface area contributed by atoms with E-state index >= 15 is 0 Å². The summed E-state index contributed by atoms with van der Waals surface area (Å²) in [6.45, 7) is 3.99. The second kappa shape index (κ2) is 6.98. The van der Waals surface area contributed by atoms with Crippen molar-refractivity contribution in [1.29, 1.82) is 0 Å². The van der Waals surface area contributed by atoms with Crippen molar-refractivity contribution in [3.63, 3.8) is 0 Å². The number of hydrogen-bond acceptors (Lipinski definition) is 4. The Morgan fingerprint density at radius 2 is 1.91 bits per heavy atom. The number of amides is 1. The number of benzene rings is 1. The summed E-state index contributed by atoms with van der Waals surface area (Å²) < 4.78 is 23.4. The van der Waals surface area contributed by atoms with Crippen molar-refractivity contribution < 1.29 is 13.2 Å². The Kier molecular flexibility index (Phi) is 5.44. The molecule has 0 heterocycles. The van der Waals surface area contributed by atoms with Gasteiger partial charge in [-0.25, -0.2) is 13.6 Å². The quantitative estimate of drug-likeness (QED) is 0.764. The molecule has 6 nitrogen and oxygen atoms in total. The third-order valence-corrected chi connectivity index (χ3v) is 5.75. The highest BCUT2D eigenvalue weighted by Gasteiger charge is 2.26. The Morgan fingerprint density at radius 1 is 1.26 bits per heavy atom. The van der Waals surface area contributed by atoms with Crippen molar-refractivity contribution in [2.24, 2.45) is 16.8 Å². The minimum Gasteiger partial charge on any atom is -0.349 e. The van der Waals surface area contributed by atoms with Gasteiger partial charge in [0.25, 0.3) is 5.91 Å². The number of sulfonamides is 1. The third kappa shape index (κ3) is 4.10. The zero-order valence-corrected chi connectivity index (χ0v) is 14.4. The van der Waals surface area contributed by atoms with Gasteiger partial charge in [0.2, 0.25) is 10.0 Å². The molecule has 23 heavy (non-hydrogen) atoms. The van der Waals surface area contributed by atoms with Gasteiger partial charge in [-0.15, -0.1) is 0 Å². The summed E-state index contributed by atoms with van der Waals surface area (Å²) in [4.78, 5) is 12.5. The predicted molar refractivity (Wildman–Crippen MR) is 89.6 cm³/mol. The molecule has 1 amide bonds. The molecule has 0 saturated heterocycles. The highest BCUT2D eigenvalue weighted by Crippen LogP contribution is 2.25. The second-order valence-electron chi connectivity index (χ2n) is 6.32. The number of nitrogens with two attached hydrogens (primary N) is 2. The molecular weight excluding hydrogens is 314 g/mol. The normalized spacial score (nSPS) is 21.9. The number of hydrogen-bond donors (Lipinski definition) is 3. The number of carbonyl (C=O) groups excluding carboxylic acids is 1. The summed E-state index contributed by atoms with van der Waals surface area (Å²) in [7, 11) is -3.86. The molecule has 128 valence electrons. The maximum absolute atomic E-state index is 12.5. The molecule has 0 aromatic heterocycles. The van der Waals surface area contributed by atoms with Gasteiger partial charge in [-0.2, -0.15) is 0 Å². The van der Waals surface area contributed by atoms with Crippen molar-refractivity contribution in [2.45, 2.75) is 50.5 Å². The molecule has 2 unspecified atom stereocenters. The summed E-state index contributed by atoms with van der Waals surface area (Å²) in [5, 5.41) is 8.25. The molecule has 0 bridgehead atoms. The molecule has 1 aliphatic carbocycles. The minimum absolute atomic E-state index is 0.00155. The second-order valence-corrected chi connectivity index (χ2v) is 7.85. The van der Waals surface area contributed by atoms with Crippen molar-refractivity contribution in [1.82, 2.24) is 5.32 Å². The zero-order valence-electron chi connectivity index (χ0n) is 13.6. The summed E-state index contributed by atoms with van der Waals surface area (Å²) in [6, 6.07) is 3.09. The standard InChI is InChI=1S/C16H25N3O3S/c1-10-7-13(8-15(11(10)2)23(18,21)22)16(20)19-14-6-4-3-5-12(14)9-17/h7-8,12,14H,3-6,9,17H2,1-2H3,(H,19,20)(H2,18,21,22). The molecule has 1 aromatic carbocycles. The third-order valence-electron chi connectivity index (χ3n) is 4.72. The van der Waals surface area contributed by atoms with E-state index in [4.69, 9.17) is 10.9 Å². The molecule has 5 N–H and O–H groups in total. The van der Waals surface area contributed by atoms with Gasteiger partial charge in [0.05, 0.1) is 4.90 Å². The number of aryl methyl sites for hydroxylation is 1. The van der Waals surface area contributed by atoms with E-state index in [2.05, 4.69) is 5.32 Å². The van der Waals surface area contributed by atoms with E-state index in [0.29, 0.717) is 17.7 Å². The number of nitrogens with one attached hydrogen (secondary N) is 1. The summed E-state index contributed by atoms with van der Waals surface area (Å²) in [6.07, 6.45) is 4.11. The van der Waals surface area contributed by atoms with Crippen molar-refractivity contribution in [3.05, 3.63) is 28.8 Å². The van der Waals surface area contributed by atoms with Crippen LogP contribution in [0.5, 0.6) is 0 Å². The van der Waals surface area contributed by atoms with Gasteiger partial charge in [0, 0.05) is 11.6 Å². The van der Waals surface area contributed by atoms with Gasteiger partial charge < -0.3 is 11.1 Å². The van der Waals surface area contributed by atoms with Gasteiger partial charge in [-0.1, -0.05) is 12.8 Å². The van der Waals surface area contributed by atoms with Crippen LogP contribution in [0.25, 0.3) is 0 Å². The minimum atomic E-state index is -3.86. The van der Waals surface area contributed by atoms with Crippen LogP contribution >= 0.6 is 0 Å². The Hall–Kier alpha value is -1.44. The number of rotatable bonds is 4. The molecular formula is C16H25N3O3S. The molecule has 2 atom stereocenters. The average molecular weight is 339 g/mol. The van der Waals surface area contributed by atoms with Crippen LogP contribution in [0.4, 0.5) is 0 Å². The fraction of sp³-hybridized carbons (Fsp3) is 0.562. The first-order valence-electron chi connectivity index (χ1n) is 7.89. The Bertz CT molecular complexity index is 701. The van der Waals surface area contributed by atoms with Crippen LogP contribution in [0, 0.1) is 19.8 Å². The van der Waals surface area contributed by atoms with Gasteiger partial charge in [-0.05, 0) is 62.4 Å². The monoisotopic (exact) mass is 339 g/mol. The van der Waals surface area contributed by atoms with Crippen LogP contribution < -0.4 is 16.2 Å². The first-order valence-corrected chi connectivity index (χ1v) is 9.43. The van der Waals surface area contributed by atoms with Crippen molar-refractivity contribution >= 4 is 15.9 Å².